The van der Waals surface area contributed by atoms with E-state index in [1.165, 1.54) is 0 Å². The Bertz CT molecular complexity index is 618. The lowest BCUT2D eigenvalue weighted by Crippen LogP contribution is -1.87. The Morgan fingerprint density at radius 2 is 1.67 bits per heavy atom. The molecule has 1 heterocycles. The number of ether oxygens (including phenoxy) is 1. The molecule has 3 rings (SSSR count). The summed E-state index contributed by atoms with van der Waals surface area (Å²) >= 11 is 0. The molecule has 0 aliphatic rings. The van der Waals surface area contributed by atoms with Gasteiger partial charge in [0.1, 0.15) is 17.8 Å². The minimum absolute atomic E-state index is 0.557. The highest BCUT2D eigenvalue weighted by Gasteiger charge is 2.09. The van der Waals surface area contributed by atoms with E-state index >= 15 is 0 Å². The van der Waals surface area contributed by atoms with Crippen molar-refractivity contribution in [3.05, 3.63) is 67.1 Å². The van der Waals surface area contributed by atoms with Crippen LogP contribution in [0.25, 0.3) is 11.5 Å². The number of rotatable bonds is 3. The van der Waals surface area contributed by atoms with Gasteiger partial charge in [-0.25, -0.2) is 4.98 Å². The van der Waals surface area contributed by atoms with Crippen molar-refractivity contribution in [2.24, 2.45) is 0 Å². The van der Waals surface area contributed by atoms with E-state index in [0.29, 0.717) is 5.89 Å². The molecule has 3 heteroatoms. The van der Waals surface area contributed by atoms with Crippen LogP contribution in [0, 0.1) is 0 Å². The molecule has 0 N–H and O–H groups in total. The highest BCUT2D eigenvalue weighted by atomic mass is 16.5. The van der Waals surface area contributed by atoms with Crippen molar-refractivity contribution in [3.63, 3.8) is 0 Å². The van der Waals surface area contributed by atoms with Crippen LogP contribution in [0.3, 0.4) is 0 Å². The molecule has 18 heavy (non-hydrogen) atoms. The topological polar surface area (TPSA) is 35.3 Å². The Morgan fingerprint density at radius 1 is 0.889 bits per heavy atom. The van der Waals surface area contributed by atoms with Gasteiger partial charge < -0.3 is 9.15 Å². The Labute approximate surface area is 105 Å². The number of aromatic nitrogens is 1. The molecule has 0 bridgehead atoms. The van der Waals surface area contributed by atoms with Gasteiger partial charge >= 0.3 is 0 Å². The van der Waals surface area contributed by atoms with Crippen molar-refractivity contribution in [2.45, 2.75) is 0 Å². The average Bonchev–Trinajstić information content (AvgIpc) is 2.94. The zero-order valence-electron chi connectivity index (χ0n) is 9.61. The highest BCUT2D eigenvalue weighted by Crippen LogP contribution is 2.31. The third-order valence-corrected chi connectivity index (χ3v) is 2.52. The van der Waals surface area contributed by atoms with Crippen LogP contribution in [-0.4, -0.2) is 4.98 Å². The average molecular weight is 237 g/mol. The summed E-state index contributed by atoms with van der Waals surface area (Å²) in [5.74, 6) is 2.07. The SMILES string of the molecule is c1ccc(Oc2ccccc2-c2ncco2)cc1. The number of oxazole rings is 1. The summed E-state index contributed by atoms with van der Waals surface area (Å²) in [6.45, 7) is 0. The fourth-order valence-electron chi connectivity index (χ4n) is 1.70. The zero-order valence-corrected chi connectivity index (χ0v) is 9.61. The zero-order chi connectivity index (χ0) is 12.2. The lowest BCUT2D eigenvalue weighted by Gasteiger charge is -2.08. The van der Waals surface area contributed by atoms with E-state index in [1.54, 1.807) is 12.5 Å². The third-order valence-electron chi connectivity index (χ3n) is 2.52. The minimum atomic E-state index is 0.557. The summed E-state index contributed by atoms with van der Waals surface area (Å²) in [6.07, 6.45) is 3.17. The fraction of sp³-hybridized carbons (Fsp3) is 0. The molecule has 0 unspecified atom stereocenters. The second kappa shape index (κ2) is 4.75. The summed E-state index contributed by atoms with van der Waals surface area (Å²) in [4.78, 5) is 4.14. The van der Waals surface area contributed by atoms with Gasteiger partial charge in [0.2, 0.25) is 5.89 Å². The molecule has 0 saturated heterocycles. The van der Waals surface area contributed by atoms with Crippen LogP contribution in [0.4, 0.5) is 0 Å². The predicted molar refractivity (Wildman–Crippen MR) is 68.5 cm³/mol. The van der Waals surface area contributed by atoms with Gasteiger partial charge in [0.25, 0.3) is 0 Å². The van der Waals surface area contributed by atoms with Crippen molar-refractivity contribution in [1.82, 2.24) is 4.98 Å². The first-order valence-electron chi connectivity index (χ1n) is 5.65. The van der Waals surface area contributed by atoms with Crippen molar-refractivity contribution in [3.8, 4) is 23.0 Å². The van der Waals surface area contributed by atoms with E-state index < -0.39 is 0 Å². The molecule has 2 aromatic carbocycles. The minimum Gasteiger partial charge on any atom is -0.457 e. The Kier molecular flexibility index (Phi) is 2.80. The van der Waals surface area contributed by atoms with Crippen molar-refractivity contribution >= 4 is 0 Å². The van der Waals surface area contributed by atoms with Crippen LogP contribution in [-0.2, 0) is 0 Å². The van der Waals surface area contributed by atoms with Crippen LogP contribution in [0.5, 0.6) is 11.5 Å². The van der Waals surface area contributed by atoms with Gasteiger partial charge in [-0.05, 0) is 24.3 Å². The van der Waals surface area contributed by atoms with E-state index in [-0.39, 0.29) is 0 Å². The van der Waals surface area contributed by atoms with Gasteiger partial charge in [-0.15, -0.1) is 0 Å². The lowest BCUT2D eigenvalue weighted by molar-refractivity contribution is 0.480. The van der Waals surface area contributed by atoms with Crippen LogP contribution < -0.4 is 4.74 Å². The molecule has 3 nitrogen and oxygen atoms in total. The molecule has 0 atom stereocenters. The summed E-state index contributed by atoms with van der Waals surface area (Å²) < 4.78 is 11.1. The second-order valence-electron chi connectivity index (χ2n) is 3.75. The van der Waals surface area contributed by atoms with E-state index in [1.807, 2.05) is 54.6 Å². The third kappa shape index (κ3) is 2.11. The molecule has 0 aliphatic heterocycles. The normalized spacial score (nSPS) is 10.2. The molecule has 0 spiro atoms. The summed E-state index contributed by atoms with van der Waals surface area (Å²) in [5, 5.41) is 0. The molecular weight excluding hydrogens is 226 g/mol. The first-order valence-corrected chi connectivity index (χ1v) is 5.65. The molecule has 88 valence electrons. The van der Waals surface area contributed by atoms with E-state index in [9.17, 15) is 0 Å². The Morgan fingerprint density at radius 3 is 2.44 bits per heavy atom. The van der Waals surface area contributed by atoms with Gasteiger partial charge in [0, 0.05) is 0 Å². The molecule has 0 radical (unpaired) electrons. The van der Waals surface area contributed by atoms with E-state index in [2.05, 4.69) is 4.98 Å². The van der Waals surface area contributed by atoms with E-state index in [0.717, 1.165) is 17.1 Å². The first-order chi connectivity index (χ1) is 8.93. The number of nitrogens with zero attached hydrogens (tertiary/aromatic N) is 1. The monoisotopic (exact) mass is 237 g/mol. The van der Waals surface area contributed by atoms with Gasteiger partial charge in [-0.1, -0.05) is 30.3 Å². The van der Waals surface area contributed by atoms with E-state index in [4.69, 9.17) is 9.15 Å². The molecule has 0 saturated carbocycles. The summed E-state index contributed by atoms with van der Waals surface area (Å²) in [7, 11) is 0. The van der Waals surface area contributed by atoms with Crippen molar-refractivity contribution in [1.29, 1.82) is 0 Å². The van der Waals surface area contributed by atoms with Gasteiger partial charge in [0.15, 0.2) is 0 Å². The number of benzene rings is 2. The fourth-order valence-corrected chi connectivity index (χ4v) is 1.70. The largest absolute Gasteiger partial charge is 0.457 e. The second-order valence-corrected chi connectivity index (χ2v) is 3.75. The maximum absolute atomic E-state index is 5.83. The summed E-state index contributed by atoms with van der Waals surface area (Å²) in [6, 6.07) is 17.3. The smallest absolute Gasteiger partial charge is 0.229 e. The number of hydrogen-bond donors (Lipinski definition) is 0. The maximum atomic E-state index is 5.83. The lowest BCUT2D eigenvalue weighted by atomic mass is 10.2. The standard InChI is InChI=1S/C15H11NO2/c1-2-6-12(7-3-1)18-14-9-5-4-8-13(14)15-16-10-11-17-15/h1-11H. The molecule has 0 aliphatic carbocycles. The molecule has 3 aromatic rings. The first kappa shape index (κ1) is 10.6. The van der Waals surface area contributed by atoms with Crippen molar-refractivity contribution < 1.29 is 9.15 Å². The number of para-hydroxylation sites is 2. The van der Waals surface area contributed by atoms with Crippen LogP contribution in [0.1, 0.15) is 0 Å². The van der Waals surface area contributed by atoms with Crippen LogP contribution in [0.15, 0.2) is 71.5 Å². The van der Waals surface area contributed by atoms with Crippen molar-refractivity contribution in [2.75, 3.05) is 0 Å². The Hall–Kier alpha value is -2.55. The molecular formula is C15H11NO2. The number of hydrogen-bond acceptors (Lipinski definition) is 3. The van der Waals surface area contributed by atoms with Gasteiger partial charge in [-0.2, -0.15) is 0 Å². The maximum Gasteiger partial charge on any atom is 0.229 e. The predicted octanol–water partition coefficient (Wildman–Crippen LogP) is 4.13. The van der Waals surface area contributed by atoms with Gasteiger partial charge in [0.05, 0.1) is 11.8 Å². The molecule has 0 amide bonds. The van der Waals surface area contributed by atoms with Crippen LogP contribution >= 0.6 is 0 Å². The molecule has 0 fully saturated rings. The quantitative estimate of drug-likeness (QED) is 0.686. The summed E-state index contributed by atoms with van der Waals surface area (Å²) in [5.41, 5.74) is 0.839. The highest BCUT2D eigenvalue weighted by molar-refractivity contribution is 5.63. The molecule has 1 aromatic heterocycles. The van der Waals surface area contributed by atoms with Gasteiger partial charge in [-0.3, -0.25) is 0 Å². The Balaban J connectivity index is 1.98. The van der Waals surface area contributed by atoms with Crippen LogP contribution in [0.2, 0.25) is 0 Å².